The van der Waals surface area contributed by atoms with E-state index in [-0.39, 0.29) is 17.9 Å². The van der Waals surface area contributed by atoms with Gasteiger partial charge in [-0.15, -0.1) is 0 Å². The van der Waals surface area contributed by atoms with E-state index in [4.69, 9.17) is 4.52 Å². The number of amides is 1. The molecule has 2 atom stereocenters. The van der Waals surface area contributed by atoms with Crippen LogP contribution in [0.4, 0.5) is 5.82 Å². The lowest BCUT2D eigenvalue weighted by atomic mass is 9.96. The van der Waals surface area contributed by atoms with Gasteiger partial charge in [0.1, 0.15) is 5.82 Å². The summed E-state index contributed by atoms with van der Waals surface area (Å²) < 4.78 is 5.43. The smallest absolute Gasteiger partial charge is 0.228 e. The molecule has 2 aromatic rings. The second-order valence-electron chi connectivity index (χ2n) is 6.91. The summed E-state index contributed by atoms with van der Waals surface area (Å²) in [5.41, 5.74) is 0.862. The highest BCUT2D eigenvalue weighted by atomic mass is 16.5. The van der Waals surface area contributed by atoms with Gasteiger partial charge in [0.05, 0.1) is 23.9 Å². The van der Waals surface area contributed by atoms with Crippen LogP contribution in [0.1, 0.15) is 43.2 Å². The molecule has 2 aromatic heterocycles. The van der Waals surface area contributed by atoms with Crippen LogP contribution in [-0.4, -0.2) is 45.6 Å². The average molecular weight is 341 g/mol. The molecule has 0 aliphatic carbocycles. The molecule has 0 N–H and O–H groups in total. The molecule has 132 valence electrons. The number of aryl methyl sites for hydroxylation is 1. The number of aromatic nitrogens is 3. The van der Waals surface area contributed by atoms with Crippen LogP contribution in [0.2, 0.25) is 0 Å². The molecule has 1 amide bonds. The number of rotatable bonds is 3. The zero-order valence-corrected chi connectivity index (χ0v) is 14.5. The van der Waals surface area contributed by atoms with Crippen molar-refractivity contribution < 1.29 is 9.32 Å². The van der Waals surface area contributed by atoms with Crippen molar-refractivity contribution in [1.29, 1.82) is 0 Å². The van der Waals surface area contributed by atoms with Crippen molar-refractivity contribution in [3.05, 3.63) is 36.1 Å². The monoisotopic (exact) mass is 341 g/mol. The maximum Gasteiger partial charge on any atom is 0.228 e. The first kappa shape index (κ1) is 16.1. The van der Waals surface area contributed by atoms with Crippen molar-refractivity contribution in [3.63, 3.8) is 0 Å². The molecule has 0 aromatic carbocycles. The molecule has 0 radical (unpaired) electrons. The molecule has 25 heavy (non-hydrogen) atoms. The van der Waals surface area contributed by atoms with Crippen LogP contribution in [0.5, 0.6) is 0 Å². The first-order valence-electron chi connectivity index (χ1n) is 8.97. The summed E-state index contributed by atoms with van der Waals surface area (Å²) in [5.74, 6) is 1.89. The maximum atomic E-state index is 13.2. The van der Waals surface area contributed by atoms with Crippen molar-refractivity contribution in [3.8, 4) is 0 Å². The molecule has 7 nitrogen and oxygen atoms in total. The molecule has 0 bridgehead atoms. The summed E-state index contributed by atoms with van der Waals surface area (Å²) in [7, 11) is 0. The highest BCUT2D eigenvalue weighted by Crippen LogP contribution is 2.35. The minimum atomic E-state index is 0.000347. The summed E-state index contributed by atoms with van der Waals surface area (Å²) in [6.07, 6.45) is 9.01. The van der Waals surface area contributed by atoms with E-state index in [0.29, 0.717) is 6.54 Å². The highest BCUT2D eigenvalue weighted by molar-refractivity contribution is 5.80. The number of likely N-dealkylation sites (tertiary alicyclic amines) is 1. The summed E-state index contributed by atoms with van der Waals surface area (Å²) in [5, 5.41) is 3.98. The van der Waals surface area contributed by atoms with Crippen LogP contribution in [0.15, 0.2) is 29.2 Å². The normalized spacial score (nSPS) is 23.9. The lowest BCUT2D eigenvalue weighted by molar-refractivity contribution is -0.137. The molecule has 0 spiro atoms. The maximum absolute atomic E-state index is 13.2. The van der Waals surface area contributed by atoms with Gasteiger partial charge in [-0.2, -0.15) is 0 Å². The molecule has 2 saturated heterocycles. The second-order valence-corrected chi connectivity index (χ2v) is 6.91. The van der Waals surface area contributed by atoms with Gasteiger partial charge in [0.2, 0.25) is 5.91 Å². The minimum Gasteiger partial charge on any atom is -0.359 e. The molecule has 0 saturated carbocycles. The summed E-state index contributed by atoms with van der Waals surface area (Å²) in [6, 6.07) is 1.98. The lowest BCUT2D eigenvalue weighted by Crippen LogP contribution is -2.45. The van der Waals surface area contributed by atoms with Gasteiger partial charge >= 0.3 is 0 Å². The van der Waals surface area contributed by atoms with Crippen LogP contribution in [0, 0.1) is 12.8 Å². The molecule has 4 rings (SSSR count). The van der Waals surface area contributed by atoms with Crippen LogP contribution in [0.3, 0.4) is 0 Å². The van der Waals surface area contributed by atoms with Crippen molar-refractivity contribution in [2.75, 3.05) is 24.5 Å². The van der Waals surface area contributed by atoms with E-state index in [0.717, 1.165) is 56.0 Å². The molecular weight excluding hydrogens is 318 g/mol. The third-order valence-corrected chi connectivity index (χ3v) is 5.15. The Balaban J connectivity index is 1.48. The van der Waals surface area contributed by atoms with Gasteiger partial charge in [0.25, 0.3) is 0 Å². The molecule has 2 fully saturated rings. The van der Waals surface area contributed by atoms with Gasteiger partial charge in [-0.3, -0.25) is 9.78 Å². The standard InChI is InChI=1S/C18H23N5O2/c1-13-10-16(25-21-13)15-5-3-9-23(15)18(24)14-4-2-8-22(12-14)17-11-19-6-7-20-17/h6-7,10-11,14-15H,2-5,8-9,12H2,1H3/t14-,15+/m1/s1. The lowest BCUT2D eigenvalue weighted by Gasteiger charge is -2.35. The van der Waals surface area contributed by atoms with E-state index in [1.165, 1.54) is 0 Å². The second kappa shape index (κ2) is 6.82. The molecule has 0 unspecified atom stereocenters. The number of hydrogen-bond donors (Lipinski definition) is 0. The number of anilines is 1. The van der Waals surface area contributed by atoms with E-state index in [2.05, 4.69) is 20.0 Å². The van der Waals surface area contributed by atoms with Gasteiger partial charge in [-0.1, -0.05) is 5.16 Å². The van der Waals surface area contributed by atoms with Gasteiger partial charge in [-0.25, -0.2) is 4.98 Å². The zero-order chi connectivity index (χ0) is 17.2. The first-order valence-corrected chi connectivity index (χ1v) is 8.97. The van der Waals surface area contributed by atoms with Crippen LogP contribution in [-0.2, 0) is 4.79 Å². The largest absolute Gasteiger partial charge is 0.359 e. The van der Waals surface area contributed by atoms with Crippen molar-refractivity contribution in [1.82, 2.24) is 20.0 Å². The Morgan fingerprint density at radius 1 is 1.24 bits per heavy atom. The van der Waals surface area contributed by atoms with Crippen LogP contribution < -0.4 is 4.90 Å². The third-order valence-electron chi connectivity index (χ3n) is 5.15. The van der Waals surface area contributed by atoms with Crippen molar-refractivity contribution in [2.45, 2.75) is 38.6 Å². The quantitative estimate of drug-likeness (QED) is 0.853. The number of carbonyl (C=O) groups excluding carboxylic acids is 1. The highest BCUT2D eigenvalue weighted by Gasteiger charge is 2.37. The molecule has 7 heteroatoms. The Labute approximate surface area is 147 Å². The Kier molecular flexibility index (Phi) is 4.38. The molecule has 2 aliphatic heterocycles. The third kappa shape index (κ3) is 3.23. The number of piperidine rings is 1. The molecular formula is C18H23N5O2. The van der Waals surface area contributed by atoms with Crippen LogP contribution in [0.25, 0.3) is 0 Å². The van der Waals surface area contributed by atoms with Gasteiger partial charge < -0.3 is 14.3 Å². The Bertz CT molecular complexity index is 732. The summed E-state index contributed by atoms with van der Waals surface area (Å²) in [6.45, 7) is 4.34. The van der Waals surface area contributed by atoms with Gasteiger partial charge in [0, 0.05) is 38.1 Å². The van der Waals surface area contributed by atoms with E-state index in [9.17, 15) is 4.79 Å². The number of carbonyl (C=O) groups is 1. The van der Waals surface area contributed by atoms with E-state index in [1.807, 2.05) is 17.9 Å². The number of hydrogen-bond acceptors (Lipinski definition) is 6. The SMILES string of the molecule is Cc1cc([C@@H]2CCCN2C(=O)[C@@H]2CCCN(c3cnccn3)C2)on1. The topological polar surface area (TPSA) is 75.4 Å². The van der Waals surface area contributed by atoms with E-state index in [1.54, 1.807) is 18.6 Å². The van der Waals surface area contributed by atoms with Gasteiger partial charge in [0.15, 0.2) is 5.76 Å². The van der Waals surface area contributed by atoms with E-state index < -0.39 is 0 Å². The zero-order valence-electron chi connectivity index (χ0n) is 14.5. The predicted molar refractivity (Wildman–Crippen MR) is 91.9 cm³/mol. The van der Waals surface area contributed by atoms with Gasteiger partial charge in [-0.05, 0) is 32.6 Å². The first-order chi connectivity index (χ1) is 12.2. The van der Waals surface area contributed by atoms with Crippen molar-refractivity contribution in [2.24, 2.45) is 5.92 Å². The minimum absolute atomic E-state index is 0.000347. The fourth-order valence-corrected chi connectivity index (χ4v) is 3.94. The Morgan fingerprint density at radius 2 is 2.12 bits per heavy atom. The fraction of sp³-hybridized carbons (Fsp3) is 0.556. The Morgan fingerprint density at radius 3 is 2.88 bits per heavy atom. The molecule has 2 aliphatic rings. The summed E-state index contributed by atoms with van der Waals surface area (Å²) in [4.78, 5) is 25.8. The summed E-state index contributed by atoms with van der Waals surface area (Å²) >= 11 is 0. The van der Waals surface area contributed by atoms with Crippen LogP contribution >= 0.6 is 0 Å². The average Bonchev–Trinajstić information content (AvgIpc) is 3.30. The predicted octanol–water partition coefficient (Wildman–Crippen LogP) is 2.35. The molecule has 4 heterocycles. The van der Waals surface area contributed by atoms with Crippen molar-refractivity contribution >= 4 is 11.7 Å². The number of nitrogens with zero attached hydrogens (tertiary/aromatic N) is 5. The van der Waals surface area contributed by atoms with E-state index >= 15 is 0 Å². The fourth-order valence-electron chi connectivity index (χ4n) is 3.94. The Hall–Kier alpha value is -2.44.